The second-order valence-electron chi connectivity index (χ2n) is 4.97. The monoisotopic (exact) mass is 302 g/mol. The van der Waals surface area contributed by atoms with E-state index in [4.69, 9.17) is 17.3 Å². The largest absolute Gasteiger partial charge is 0.399 e. The lowest BCUT2D eigenvalue weighted by atomic mass is 9.98. The van der Waals surface area contributed by atoms with Crippen molar-refractivity contribution in [2.24, 2.45) is 0 Å². The number of nitrogens with two attached hydrogens (primary N) is 1. The zero-order valence-corrected chi connectivity index (χ0v) is 12.7. The van der Waals surface area contributed by atoms with Gasteiger partial charge >= 0.3 is 0 Å². The Labute approximate surface area is 127 Å². The highest BCUT2D eigenvalue weighted by molar-refractivity contribution is 7.19. The highest BCUT2D eigenvalue weighted by Crippen LogP contribution is 2.31. The fraction of sp³-hybridized carbons (Fsp3) is 0.188. The Kier molecular flexibility index (Phi) is 3.64. The van der Waals surface area contributed by atoms with Crippen LogP contribution in [0, 0.1) is 0 Å². The Bertz CT molecular complexity index is 734. The van der Waals surface area contributed by atoms with Crippen molar-refractivity contribution in [2.45, 2.75) is 19.3 Å². The number of anilines is 1. The minimum absolute atomic E-state index is 0.412. The number of rotatable bonds is 3. The third-order valence-electron chi connectivity index (χ3n) is 3.40. The summed E-state index contributed by atoms with van der Waals surface area (Å²) in [7, 11) is 0. The van der Waals surface area contributed by atoms with Crippen molar-refractivity contribution in [2.75, 3.05) is 5.73 Å². The molecule has 0 saturated carbocycles. The van der Waals surface area contributed by atoms with Crippen molar-refractivity contribution in [3.05, 3.63) is 58.1 Å². The quantitative estimate of drug-likeness (QED) is 0.700. The van der Waals surface area contributed by atoms with E-state index < -0.39 is 0 Å². The molecule has 3 rings (SSSR count). The zero-order valence-electron chi connectivity index (χ0n) is 11.1. The SMILES string of the molecule is CC(Cc1nc2cccc(Cl)c2s1)c1ccc(N)cc1. The van der Waals surface area contributed by atoms with Crippen LogP contribution >= 0.6 is 22.9 Å². The molecule has 1 unspecified atom stereocenters. The number of hydrogen-bond donors (Lipinski definition) is 1. The summed E-state index contributed by atoms with van der Waals surface area (Å²) in [4.78, 5) is 4.67. The normalized spacial score (nSPS) is 12.7. The van der Waals surface area contributed by atoms with Gasteiger partial charge in [-0.3, -0.25) is 0 Å². The van der Waals surface area contributed by atoms with Gasteiger partial charge in [0.2, 0.25) is 0 Å². The Morgan fingerprint density at radius 2 is 1.95 bits per heavy atom. The van der Waals surface area contributed by atoms with E-state index in [1.807, 2.05) is 30.3 Å². The van der Waals surface area contributed by atoms with Crippen LogP contribution in [0.4, 0.5) is 5.69 Å². The Morgan fingerprint density at radius 3 is 2.65 bits per heavy atom. The van der Waals surface area contributed by atoms with Crippen LogP contribution in [-0.4, -0.2) is 4.98 Å². The zero-order chi connectivity index (χ0) is 14.1. The average molecular weight is 303 g/mol. The maximum absolute atomic E-state index is 6.20. The second-order valence-corrected chi connectivity index (χ2v) is 6.46. The predicted octanol–water partition coefficient (Wildman–Crippen LogP) is 4.88. The molecule has 102 valence electrons. The van der Waals surface area contributed by atoms with Gasteiger partial charge in [0.1, 0.15) is 0 Å². The van der Waals surface area contributed by atoms with Gasteiger partial charge in [0, 0.05) is 12.1 Å². The van der Waals surface area contributed by atoms with Crippen LogP contribution in [0.15, 0.2) is 42.5 Å². The topological polar surface area (TPSA) is 38.9 Å². The number of aromatic nitrogens is 1. The molecule has 0 aliphatic rings. The number of nitrogen functional groups attached to an aromatic ring is 1. The van der Waals surface area contributed by atoms with E-state index in [1.165, 1.54) is 5.56 Å². The first-order valence-corrected chi connectivity index (χ1v) is 7.72. The lowest BCUT2D eigenvalue weighted by Crippen LogP contribution is -1.98. The third kappa shape index (κ3) is 2.65. The number of fused-ring (bicyclic) bond motifs is 1. The van der Waals surface area contributed by atoms with Crippen molar-refractivity contribution < 1.29 is 0 Å². The van der Waals surface area contributed by atoms with E-state index in [9.17, 15) is 0 Å². The first kappa shape index (κ1) is 13.4. The van der Waals surface area contributed by atoms with E-state index >= 15 is 0 Å². The Morgan fingerprint density at radius 1 is 1.20 bits per heavy atom. The fourth-order valence-corrected chi connectivity index (χ4v) is 3.64. The highest BCUT2D eigenvalue weighted by atomic mass is 35.5. The molecule has 2 N–H and O–H groups in total. The first-order valence-electron chi connectivity index (χ1n) is 6.53. The molecule has 0 bridgehead atoms. The van der Waals surface area contributed by atoms with Crippen molar-refractivity contribution in [1.29, 1.82) is 0 Å². The van der Waals surface area contributed by atoms with Gasteiger partial charge in [0.15, 0.2) is 0 Å². The Hall–Kier alpha value is -1.58. The van der Waals surface area contributed by atoms with E-state index in [1.54, 1.807) is 11.3 Å². The van der Waals surface area contributed by atoms with Crippen LogP contribution in [0.1, 0.15) is 23.4 Å². The van der Waals surface area contributed by atoms with Gasteiger partial charge in [-0.25, -0.2) is 4.98 Å². The van der Waals surface area contributed by atoms with E-state index in [0.717, 1.165) is 32.4 Å². The van der Waals surface area contributed by atoms with E-state index in [0.29, 0.717) is 5.92 Å². The molecule has 3 aromatic rings. The van der Waals surface area contributed by atoms with Crippen LogP contribution < -0.4 is 5.73 Å². The molecule has 0 saturated heterocycles. The average Bonchev–Trinajstić information content (AvgIpc) is 2.83. The van der Waals surface area contributed by atoms with Crippen LogP contribution in [0.3, 0.4) is 0 Å². The standard InChI is InChI=1S/C16H15ClN2S/c1-10(11-5-7-12(18)8-6-11)9-15-19-14-4-2-3-13(17)16(14)20-15/h2-8,10H,9,18H2,1H3. The number of hydrogen-bond acceptors (Lipinski definition) is 3. The van der Waals surface area contributed by atoms with Gasteiger partial charge in [0.25, 0.3) is 0 Å². The lowest BCUT2D eigenvalue weighted by Gasteiger charge is -2.10. The molecule has 0 spiro atoms. The summed E-state index contributed by atoms with van der Waals surface area (Å²) in [6, 6.07) is 13.9. The molecule has 1 heterocycles. The van der Waals surface area contributed by atoms with Crippen molar-refractivity contribution in [1.82, 2.24) is 4.98 Å². The second kappa shape index (κ2) is 5.43. The fourth-order valence-electron chi connectivity index (χ4n) is 2.25. The minimum Gasteiger partial charge on any atom is -0.399 e. The Balaban J connectivity index is 1.85. The molecule has 0 fully saturated rings. The van der Waals surface area contributed by atoms with Crippen LogP contribution in [0.5, 0.6) is 0 Å². The van der Waals surface area contributed by atoms with Crippen LogP contribution in [-0.2, 0) is 6.42 Å². The van der Waals surface area contributed by atoms with Crippen molar-refractivity contribution in [3.63, 3.8) is 0 Å². The molecule has 2 nitrogen and oxygen atoms in total. The summed E-state index contributed by atoms with van der Waals surface area (Å²) in [6.45, 7) is 2.21. The van der Waals surface area contributed by atoms with E-state index in [-0.39, 0.29) is 0 Å². The van der Waals surface area contributed by atoms with Gasteiger partial charge in [-0.05, 0) is 35.7 Å². The number of benzene rings is 2. The first-order chi connectivity index (χ1) is 9.63. The molecular formula is C16H15ClN2S. The molecule has 4 heteroatoms. The third-order valence-corrected chi connectivity index (χ3v) is 4.95. The number of nitrogens with zero attached hydrogens (tertiary/aromatic N) is 1. The van der Waals surface area contributed by atoms with Gasteiger partial charge in [-0.2, -0.15) is 0 Å². The summed E-state index contributed by atoms with van der Waals surface area (Å²) < 4.78 is 1.08. The molecule has 0 aliphatic heterocycles. The summed E-state index contributed by atoms with van der Waals surface area (Å²) in [6.07, 6.45) is 0.916. The lowest BCUT2D eigenvalue weighted by molar-refractivity contribution is 0.756. The maximum atomic E-state index is 6.20. The van der Waals surface area contributed by atoms with Crippen LogP contribution in [0.25, 0.3) is 10.2 Å². The molecule has 0 radical (unpaired) electrons. The molecule has 0 aliphatic carbocycles. The molecule has 1 atom stereocenters. The van der Waals surface area contributed by atoms with Gasteiger partial charge < -0.3 is 5.73 Å². The predicted molar refractivity (Wildman–Crippen MR) is 87.6 cm³/mol. The van der Waals surface area contributed by atoms with Crippen LogP contribution in [0.2, 0.25) is 5.02 Å². The van der Waals surface area contributed by atoms with Crippen molar-refractivity contribution in [3.8, 4) is 0 Å². The van der Waals surface area contributed by atoms with E-state index in [2.05, 4.69) is 24.0 Å². The highest BCUT2D eigenvalue weighted by Gasteiger charge is 2.12. The summed E-state index contributed by atoms with van der Waals surface area (Å²) in [5.74, 6) is 0.412. The molecule has 20 heavy (non-hydrogen) atoms. The van der Waals surface area contributed by atoms with Gasteiger partial charge in [-0.1, -0.05) is 36.7 Å². The maximum Gasteiger partial charge on any atom is 0.0945 e. The summed E-state index contributed by atoms with van der Waals surface area (Å²) in [5.41, 5.74) is 8.79. The molecule has 2 aromatic carbocycles. The van der Waals surface area contributed by atoms with Gasteiger partial charge in [-0.15, -0.1) is 11.3 Å². The number of thiazole rings is 1. The minimum atomic E-state index is 0.412. The van der Waals surface area contributed by atoms with Crippen molar-refractivity contribution >= 4 is 38.8 Å². The molecular weight excluding hydrogens is 288 g/mol. The summed E-state index contributed by atoms with van der Waals surface area (Å²) in [5, 5.41) is 1.91. The molecule has 1 aromatic heterocycles. The smallest absolute Gasteiger partial charge is 0.0945 e. The number of halogens is 1. The van der Waals surface area contributed by atoms with Gasteiger partial charge in [0.05, 0.1) is 20.2 Å². The molecule has 0 amide bonds. The summed E-state index contributed by atoms with van der Waals surface area (Å²) >= 11 is 7.88.